The first-order valence-corrected chi connectivity index (χ1v) is 13.5. The highest BCUT2D eigenvalue weighted by Gasteiger charge is 2.80. The molecule has 1 amide bonds. The summed E-state index contributed by atoms with van der Waals surface area (Å²) in [5.41, 5.74) is 2.52. The van der Waals surface area contributed by atoms with Gasteiger partial charge >= 0.3 is 0 Å². The van der Waals surface area contributed by atoms with E-state index in [0.29, 0.717) is 44.5 Å². The number of nitrogens with zero attached hydrogens (tertiary/aromatic N) is 3. The highest BCUT2D eigenvalue weighted by molar-refractivity contribution is 5.94. The molecule has 1 spiro atoms. The van der Waals surface area contributed by atoms with E-state index in [1.807, 2.05) is 38.1 Å². The number of aryl methyl sites for hydroxylation is 2. The van der Waals surface area contributed by atoms with Crippen LogP contribution in [0.4, 0.5) is 0 Å². The van der Waals surface area contributed by atoms with Crippen molar-refractivity contribution >= 4 is 5.91 Å². The monoisotopic (exact) mass is 527 g/mol. The summed E-state index contributed by atoms with van der Waals surface area (Å²) in [5.74, 6) is 5.74. The number of nitro groups is 1. The third-order valence-electron chi connectivity index (χ3n) is 9.87. The van der Waals surface area contributed by atoms with Crippen LogP contribution in [0.3, 0.4) is 0 Å². The van der Waals surface area contributed by atoms with E-state index in [-0.39, 0.29) is 22.6 Å². The SMILES string of the molecule is C=CCN1CC[C@]23c4c5ccc(O)c4O[C@H]2[C@@H](N(C)C(=O)C#Cc2ccc(C)c(C)c2)CC[C@@]3([N+](=O)[O-])[C@H]1C5. The van der Waals surface area contributed by atoms with Gasteiger partial charge in [-0.2, -0.15) is 0 Å². The predicted octanol–water partition coefficient (Wildman–Crippen LogP) is 3.51. The Morgan fingerprint density at radius 3 is 2.82 bits per heavy atom. The van der Waals surface area contributed by atoms with Gasteiger partial charge in [0.1, 0.15) is 11.5 Å². The summed E-state index contributed by atoms with van der Waals surface area (Å²) in [6.45, 7) is 9.14. The number of piperidine rings is 1. The molecule has 0 aromatic heterocycles. The average molecular weight is 528 g/mol. The van der Waals surface area contributed by atoms with Gasteiger partial charge in [0.2, 0.25) is 0 Å². The van der Waals surface area contributed by atoms with Crippen LogP contribution in [0.5, 0.6) is 11.5 Å². The zero-order valence-corrected chi connectivity index (χ0v) is 22.6. The summed E-state index contributed by atoms with van der Waals surface area (Å²) < 4.78 is 6.52. The third kappa shape index (κ3) is 3.32. The van der Waals surface area contributed by atoms with E-state index in [1.54, 1.807) is 24.1 Å². The van der Waals surface area contributed by atoms with E-state index in [2.05, 4.69) is 23.3 Å². The van der Waals surface area contributed by atoms with Gasteiger partial charge < -0.3 is 14.7 Å². The second kappa shape index (κ2) is 8.85. The molecule has 2 aliphatic heterocycles. The van der Waals surface area contributed by atoms with Gasteiger partial charge in [-0.25, -0.2) is 0 Å². The number of rotatable bonds is 4. The average Bonchev–Trinajstić information content (AvgIpc) is 3.27. The van der Waals surface area contributed by atoms with Crippen molar-refractivity contribution < 1.29 is 19.6 Å². The maximum absolute atomic E-state index is 13.4. The van der Waals surface area contributed by atoms with E-state index in [1.165, 1.54) is 0 Å². The highest BCUT2D eigenvalue weighted by Crippen LogP contribution is 2.66. The van der Waals surface area contributed by atoms with Gasteiger partial charge in [-0.1, -0.05) is 24.1 Å². The molecule has 2 bridgehead atoms. The molecule has 8 nitrogen and oxygen atoms in total. The van der Waals surface area contributed by atoms with Crippen molar-refractivity contribution in [3.63, 3.8) is 0 Å². The van der Waals surface area contributed by atoms with Crippen molar-refractivity contribution in [2.75, 3.05) is 20.1 Å². The molecule has 1 saturated carbocycles. The van der Waals surface area contributed by atoms with Crippen LogP contribution >= 0.6 is 0 Å². The summed E-state index contributed by atoms with van der Waals surface area (Å²) in [6, 6.07) is 8.58. The van der Waals surface area contributed by atoms with Crippen LogP contribution < -0.4 is 4.74 Å². The van der Waals surface area contributed by atoms with Gasteiger partial charge in [-0.3, -0.25) is 19.8 Å². The Labute approximate surface area is 228 Å². The van der Waals surface area contributed by atoms with Crippen LogP contribution in [0, 0.1) is 35.8 Å². The summed E-state index contributed by atoms with van der Waals surface area (Å²) in [5, 5.41) is 24.0. The maximum Gasteiger partial charge on any atom is 0.298 e. The van der Waals surface area contributed by atoms with Crippen molar-refractivity contribution in [1.82, 2.24) is 9.80 Å². The number of benzene rings is 2. The molecule has 39 heavy (non-hydrogen) atoms. The molecule has 5 atom stereocenters. The molecule has 2 aromatic rings. The molecular weight excluding hydrogens is 494 g/mol. The van der Waals surface area contributed by atoms with Gasteiger partial charge in [0, 0.05) is 48.5 Å². The van der Waals surface area contributed by atoms with Crippen LogP contribution in [-0.4, -0.2) is 69.6 Å². The fraction of sp³-hybridized carbons (Fsp3) is 0.452. The fourth-order valence-electron chi connectivity index (χ4n) is 7.95. The lowest BCUT2D eigenvalue weighted by atomic mass is 9.46. The molecule has 202 valence electrons. The lowest BCUT2D eigenvalue weighted by Crippen LogP contribution is -2.80. The molecule has 6 rings (SSSR count). The zero-order valence-electron chi connectivity index (χ0n) is 22.6. The number of likely N-dealkylation sites (tertiary alicyclic amines) is 1. The number of phenolic OH excluding ortho intramolecular Hbond substituents is 1. The van der Waals surface area contributed by atoms with Gasteiger partial charge in [-0.05, 0) is 68.0 Å². The van der Waals surface area contributed by atoms with Crippen LogP contribution in [0.15, 0.2) is 43.0 Å². The lowest BCUT2D eigenvalue weighted by molar-refractivity contribution is -0.605. The summed E-state index contributed by atoms with van der Waals surface area (Å²) in [4.78, 5) is 30.3. The molecule has 2 aliphatic carbocycles. The molecule has 1 N–H and O–H groups in total. The number of ether oxygens (including phenoxy) is 1. The fourth-order valence-corrected chi connectivity index (χ4v) is 7.95. The molecule has 2 aromatic carbocycles. The minimum absolute atomic E-state index is 0.0102. The molecule has 1 saturated heterocycles. The van der Waals surface area contributed by atoms with Crippen LogP contribution in [-0.2, 0) is 16.6 Å². The Balaban J connectivity index is 1.43. The number of aromatic hydroxyl groups is 1. The van der Waals surface area contributed by atoms with Crippen molar-refractivity contribution in [1.29, 1.82) is 0 Å². The summed E-state index contributed by atoms with van der Waals surface area (Å²) in [6.07, 6.45) is 2.86. The number of phenols is 1. The van der Waals surface area contributed by atoms with E-state index in [9.17, 15) is 20.0 Å². The minimum atomic E-state index is -1.30. The molecule has 0 unspecified atom stereocenters. The second-order valence-electron chi connectivity index (χ2n) is 11.5. The first-order valence-electron chi connectivity index (χ1n) is 13.5. The number of amides is 1. The summed E-state index contributed by atoms with van der Waals surface area (Å²) in [7, 11) is 1.71. The molecule has 2 fully saturated rings. The maximum atomic E-state index is 13.4. The van der Waals surface area contributed by atoms with Crippen molar-refractivity contribution in [2.45, 2.75) is 68.7 Å². The molecule has 8 heteroatoms. The van der Waals surface area contributed by atoms with Crippen LogP contribution in [0.2, 0.25) is 0 Å². The predicted molar refractivity (Wildman–Crippen MR) is 146 cm³/mol. The number of carbonyl (C=O) groups is 1. The van der Waals surface area contributed by atoms with Gasteiger partial charge in [0.25, 0.3) is 11.4 Å². The lowest BCUT2D eigenvalue weighted by Gasteiger charge is -2.61. The van der Waals surface area contributed by atoms with Crippen LogP contribution in [0.1, 0.15) is 47.1 Å². The van der Waals surface area contributed by atoms with Gasteiger partial charge in [0.05, 0.1) is 12.1 Å². The van der Waals surface area contributed by atoms with Crippen molar-refractivity contribution in [3.05, 3.63) is 80.9 Å². The normalized spacial score (nSPS) is 29.9. The highest BCUT2D eigenvalue weighted by atomic mass is 16.6. The Kier molecular flexibility index (Phi) is 5.78. The number of hydrogen-bond donors (Lipinski definition) is 1. The van der Waals surface area contributed by atoms with E-state index in [0.717, 1.165) is 27.8 Å². The topological polar surface area (TPSA) is 96.2 Å². The number of likely N-dealkylation sites (N-methyl/N-ethyl adjacent to an activating group) is 1. The van der Waals surface area contributed by atoms with Crippen molar-refractivity contribution in [2.24, 2.45) is 0 Å². The Bertz CT molecular complexity index is 1470. The van der Waals surface area contributed by atoms with Gasteiger partial charge in [0.15, 0.2) is 11.5 Å². The molecular formula is C31H33N3O5. The van der Waals surface area contributed by atoms with Crippen LogP contribution in [0.25, 0.3) is 0 Å². The Morgan fingerprint density at radius 2 is 2.10 bits per heavy atom. The zero-order chi connectivity index (χ0) is 27.7. The third-order valence-corrected chi connectivity index (χ3v) is 9.87. The first kappa shape index (κ1) is 25.4. The van der Waals surface area contributed by atoms with Gasteiger partial charge in [-0.15, -0.1) is 6.58 Å². The quantitative estimate of drug-likeness (QED) is 0.283. The minimum Gasteiger partial charge on any atom is -0.504 e. The first-order chi connectivity index (χ1) is 18.7. The summed E-state index contributed by atoms with van der Waals surface area (Å²) >= 11 is 0. The largest absolute Gasteiger partial charge is 0.504 e. The smallest absolute Gasteiger partial charge is 0.298 e. The Morgan fingerprint density at radius 1 is 1.31 bits per heavy atom. The van der Waals surface area contributed by atoms with E-state index < -0.39 is 23.1 Å². The Hall–Kier alpha value is -3.83. The molecule has 0 radical (unpaired) electrons. The molecule has 2 heterocycles. The van der Waals surface area contributed by atoms with E-state index >= 15 is 0 Å². The number of carbonyl (C=O) groups excluding carboxylic acids is 1. The standard InChI is InChI=1S/C31H33N3O5/c1-5-15-33-16-14-30-27-22-9-10-24(35)28(27)39-29(30)23(12-13-31(30,34(37)38)25(33)18-22)32(4)26(36)11-8-21-7-6-19(2)20(3)17-21/h5-7,9-10,17,23,25,29,35H,1,12-16,18H2,2-4H3/t23-,25+,29-,30-,31+/m0/s1. The van der Waals surface area contributed by atoms with E-state index in [4.69, 9.17) is 4.74 Å². The number of hydrogen-bond acceptors (Lipinski definition) is 6. The molecule has 4 aliphatic rings. The van der Waals surface area contributed by atoms with Crippen molar-refractivity contribution in [3.8, 4) is 23.3 Å². The second-order valence-corrected chi connectivity index (χ2v) is 11.5.